The third-order valence-electron chi connectivity index (χ3n) is 9.10. The van der Waals surface area contributed by atoms with Crippen LogP contribution < -0.4 is 10.6 Å². The topological polar surface area (TPSA) is 126 Å². The molecule has 8 rings (SSSR count). The molecule has 2 atom stereocenters. The molecule has 4 aliphatic rings. The molecule has 6 heterocycles. The number of aliphatic hydroxyl groups excluding tert-OH is 1. The highest BCUT2D eigenvalue weighted by atomic mass is 16.5. The van der Waals surface area contributed by atoms with Gasteiger partial charge in [-0.05, 0) is 80.7 Å². The van der Waals surface area contributed by atoms with E-state index in [9.17, 15) is 9.90 Å². The molecule has 1 unspecified atom stereocenters. The van der Waals surface area contributed by atoms with Gasteiger partial charge in [0.2, 0.25) is 0 Å². The van der Waals surface area contributed by atoms with Gasteiger partial charge >= 0.3 is 5.97 Å². The molecule has 0 saturated carbocycles. The number of cyclic esters (lactones) is 1. The minimum Gasteiger partial charge on any atom is -0.454 e. The highest BCUT2D eigenvalue weighted by molar-refractivity contribution is 5.99. The lowest BCUT2D eigenvalue weighted by Gasteiger charge is -2.46. The van der Waals surface area contributed by atoms with Gasteiger partial charge in [0.15, 0.2) is 5.82 Å². The second kappa shape index (κ2) is 10.9. The third kappa shape index (κ3) is 5.06. The lowest BCUT2D eigenvalue weighted by molar-refractivity contribution is 0.0420. The van der Waals surface area contributed by atoms with E-state index in [1.54, 1.807) is 12.3 Å². The molecule has 4 aliphatic heterocycles. The lowest BCUT2D eigenvalue weighted by Crippen LogP contribution is -2.51. The van der Waals surface area contributed by atoms with Crippen molar-refractivity contribution in [3.05, 3.63) is 89.9 Å². The van der Waals surface area contributed by atoms with Crippen molar-refractivity contribution >= 4 is 28.7 Å². The Bertz CT molecular complexity index is 1660. The summed E-state index contributed by atoms with van der Waals surface area (Å²) in [5, 5.41) is 21.6. The Labute approximate surface area is 249 Å². The molecule has 0 amide bonds. The number of esters is 1. The number of ether oxygens (including phenoxy) is 1. The van der Waals surface area contributed by atoms with Gasteiger partial charge in [0.05, 0.1) is 29.5 Å². The van der Waals surface area contributed by atoms with Crippen LogP contribution in [0.1, 0.15) is 59.5 Å². The molecule has 10 heteroatoms. The van der Waals surface area contributed by atoms with Crippen LogP contribution in [0.15, 0.2) is 71.9 Å². The Morgan fingerprint density at radius 3 is 2.58 bits per heavy atom. The number of hydrogen-bond donors (Lipinski definition) is 3. The molecule has 43 heavy (non-hydrogen) atoms. The summed E-state index contributed by atoms with van der Waals surface area (Å²) in [6.45, 7) is 8.99. The van der Waals surface area contributed by atoms with Gasteiger partial charge in [0, 0.05) is 23.4 Å². The minimum absolute atomic E-state index is 0.0446. The van der Waals surface area contributed by atoms with Crippen molar-refractivity contribution in [3.8, 4) is 11.5 Å². The number of piperidine rings is 3. The number of benzene rings is 2. The van der Waals surface area contributed by atoms with E-state index in [0.717, 1.165) is 67.1 Å². The van der Waals surface area contributed by atoms with Crippen molar-refractivity contribution in [1.82, 2.24) is 20.0 Å². The second-order valence-corrected chi connectivity index (χ2v) is 11.7. The molecular formula is C33H34N6O4. The number of nitrogens with zero attached hydrogens (tertiary/aromatic N) is 4. The third-order valence-corrected chi connectivity index (χ3v) is 9.10. The number of fused-ring (bicyclic) bond motifs is 4. The Hall–Kier alpha value is -4.54. The normalized spacial score (nSPS) is 23.4. The molecule has 0 radical (unpaired) electrons. The van der Waals surface area contributed by atoms with E-state index < -0.39 is 6.10 Å². The van der Waals surface area contributed by atoms with Crippen molar-refractivity contribution in [1.29, 1.82) is 0 Å². The summed E-state index contributed by atoms with van der Waals surface area (Å²) in [7, 11) is 0. The summed E-state index contributed by atoms with van der Waals surface area (Å²) >= 11 is 0. The van der Waals surface area contributed by atoms with Crippen molar-refractivity contribution in [2.24, 2.45) is 0 Å². The zero-order valence-corrected chi connectivity index (χ0v) is 24.0. The van der Waals surface area contributed by atoms with E-state index >= 15 is 0 Å². The summed E-state index contributed by atoms with van der Waals surface area (Å²) in [6, 6.07) is 16.7. The SMILES string of the molecule is C=C1c2cc(Nc3cc(N[C@H](CO)c4ccccc4)c(-c4nc(C56CCN(CC5)CC6)no4)cn3)ccc2C(=O)OC1C. The lowest BCUT2D eigenvalue weighted by atomic mass is 9.71. The molecule has 0 aliphatic carbocycles. The molecule has 4 aromatic rings. The van der Waals surface area contributed by atoms with Crippen LogP contribution in [0.2, 0.25) is 0 Å². The molecule has 2 aromatic heterocycles. The van der Waals surface area contributed by atoms with Crippen LogP contribution in [-0.4, -0.2) is 63.4 Å². The van der Waals surface area contributed by atoms with Crippen LogP contribution in [0.25, 0.3) is 17.0 Å². The minimum atomic E-state index is -0.392. The number of rotatable bonds is 8. The summed E-state index contributed by atoms with van der Waals surface area (Å²) < 4.78 is 11.2. The number of anilines is 3. The fourth-order valence-corrected chi connectivity index (χ4v) is 6.36. The maximum Gasteiger partial charge on any atom is 0.339 e. The monoisotopic (exact) mass is 578 g/mol. The zero-order chi connectivity index (χ0) is 29.6. The Balaban J connectivity index is 1.23. The van der Waals surface area contributed by atoms with Gasteiger partial charge in [-0.25, -0.2) is 9.78 Å². The average molecular weight is 579 g/mol. The molecule has 10 nitrogen and oxygen atoms in total. The van der Waals surface area contributed by atoms with Gasteiger partial charge < -0.3 is 29.9 Å². The van der Waals surface area contributed by atoms with Crippen LogP contribution >= 0.6 is 0 Å². The standard InChI is InChI=1S/C33H34N6O4/c1-20-21(2)42-31(41)24-9-8-23(16-25(20)24)35-29-17-27(36-28(19-40)22-6-4-3-5-7-22)26(18-34-29)30-37-32(38-43-30)33-10-13-39(14-11-33)15-12-33/h3-9,16-18,21,28,40H,1,10-15,19H2,2H3,(H2,34,35,36)/t21?,28-/m1/s1. The van der Waals surface area contributed by atoms with Crippen LogP contribution in [-0.2, 0) is 10.2 Å². The maximum absolute atomic E-state index is 12.4. The van der Waals surface area contributed by atoms with E-state index in [-0.39, 0.29) is 24.0 Å². The number of hydrogen-bond acceptors (Lipinski definition) is 10. The number of pyridine rings is 1. The number of carbonyl (C=O) groups is 1. The summed E-state index contributed by atoms with van der Waals surface area (Å²) in [5.74, 6) is 1.36. The van der Waals surface area contributed by atoms with Crippen molar-refractivity contribution in [2.75, 3.05) is 36.9 Å². The van der Waals surface area contributed by atoms with Gasteiger partial charge in [-0.3, -0.25) is 0 Å². The Morgan fingerprint density at radius 2 is 1.84 bits per heavy atom. The van der Waals surface area contributed by atoms with E-state index in [1.165, 1.54) is 0 Å². The first kappa shape index (κ1) is 27.3. The van der Waals surface area contributed by atoms with Crippen LogP contribution in [0.4, 0.5) is 17.2 Å². The predicted molar refractivity (Wildman–Crippen MR) is 163 cm³/mol. The van der Waals surface area contributed by atoms with Crippen LogP contribution in [0, 0.1) is 0 Å². The van der Waals surface area contributed by atoms with Gasteiger partial charge in [-0.2, -0.15) is 4.98 Å². The molecule has 220 valence electrons. The highest BCUT2D eigenvalue weighted by Crippen LogP contribution is 2.42. The number of aliphatic hydroxyl groups is 1. The van der Waals surface area contributed by atoms with Gasteiger partial charge in [0.1, 0.15) is 11.9 Å². The molecule has 2 bridgehead atoms. The number of nitrogens with one attached hydrogen (secondary N) is 2. The van der Waals surface area contributed by atoms with Gasteiger partial charge in [0.25, 0.3) is 5.89 Å². The first-order valence-electron chi connectivity index (χ1n) is 14.7. The first-order valence-corrected chi connectivity index (χ1v) is 14.7. The molecule has 2 aromatic carbocycles. The predicted octanol–water partition coefficient (Wildman–Crippen LogP) is 5.33. The maximum atomic E-state index is 12.4. The van der Waals surface area contributed by atoms with Crippen LogP contribution in [0.5, 0.6) is 0 Å². The largest absolute Gasteiger partial charge is 0.454 e. The van der Waals surface area contributed by atoms with E-state index in [1.807, 2.05) is 55.5 Å². The quantitative estimate of drug-likeness (QED) is 0.236. The van der Waals surface area contributed by atoms with Crippen molar-refractivity contribution in [3.63, 3.8) is 0 Å². The highest BCUT2D eigenvalue weighted by Gasteiger charge is 2.44. The number of aromatic nitrogens is 3. The van der Waals surface area contributed by atoms with Crippen molar-refractivity contribution in [2.45, 2.75) is 43.7 Å². The summed E-state index contributed by atoms with van der Waals surface area (Å²) in [5.41, 5.74) is 4.96. The molecule has 3 fully saturated rings. The zero-order valence-electron chi connectivity index (χ0n) is 24.0. The molecular weight excluding hydrogens is 544 g/mol. The molecule has 0 spiro atoms. The summed E-state index contributed by atoms with van der Waals surface area (Å²) in [6.07, 6.45) is 4.41. The fourth-order valence-electron chi connectivity index (χ4n) is 6.36. The van der Waals surface area contributed by atoms with Gasteiger partial charge in [-0.15, -0.1) is 0 Å². The molecule has 3 N–H and O–H groups in total. The molecule has 3 saturated heterocycles. The van der Waals surface area contributed by atoms with Gasteiger partial charge in [-0.1, -0.05) is 42.1 Å². The summed E-state index contributed by atoms with van der Waals surface area (Å²) in [4.78, 5) is 24.5. The fraction of sp³-hybridized carbons (Fsp3) is 0.333. The van der Waals surface area contributed by atoms with E-state index in [4.69, 9.17) is 14.2 Å². The van der Waals surface area contributed by atoms with E-state index in [0.29, 0.717) is 28.5 Å². The average Bonchev–Trinajstić information content (AvgIpc) is 3.55. The Morgan fingerprint density at radius 1 is 1.07 bits per heavy atom. The second-order valence-electron chi connectivity index (χ2n) is 11.7. The van der Waals surface area contributed by atoms with Crippen LogP contribution in [0.3, 0.4) is 0 Å². The first-order chi connectivity index (χ1) is 20.9. The smallest absolute Gasteiger partial charge is 0.339 e. The van der Waals surface area contributed by atoms with E-state index in [2.05, 4.69) is 32.3 Å². The van der Waals surface area contributed by atoms with Crippen molar-refractivity contribution < 1.29 is 19.2 Å². The number of carbonyl (C=O) groups excluding carboxylic acids is 1. The Kier molecular flexibility index (Phi) is 6.95.